The topological polar surface area (TPSA) is 170 Å². The van der Waals surface area contributed by atoms with Gasteiger partial charge in [-0.25, -0.2) is 4.79 Å². The smallest absolute Gasteiger partial charge is 0.349 e. The molecule has 1 atom stereocenters. The van der Waals surface area contributed by atoms with Gasteiger partial charge in [-0.15, -0.1) is 10.2 Å². The van der Waals surface area contributed by atoms with Crippen LogP contribution in [0.1, 0.15) is 28.7 Å². The Bertz CT molecular complexity index is 1620. The summed E-state index contributed by atoms with van der Waals surface area (Å²) in [6, 6.07) is 20.8. The lowest BCUT2D eigenvalue weighted by Gasteiger charge is -2.20. The van der Waals surface area contributed by atoms with E-state index in [1.54, 1.807) is 55.8 Å². The van der Waals surface area contributed by atoms with Crippen molar-refractivity contribution in [2.75, 3.05) is 12.4 Å². The SMILES string of the molecule is COc1cc(C(Nc2ccc(C(=N)N)cc2)c2nn(-c3cccnn3)c(=O)[nH]2)ccc1OCc1ccccn1. The standard InChI is InChI=1S/C27H25N9O3/c1-38-22-15-18(9-12-21(22)39-16-20-5-2-3-13-30-20)24(32-19-10-7-17(8-11-19)25(28)29)26-33-27(37)36(35-26)23-6-4-14-31-34-23/h2-15,24,32H,16H2,1H3,(H3,28,29)(H,33,35,37). The minimum atomic E-state index is -0.600. The highest BCUT2D eigenvalue weighted by molar-refractivity contribution is 5.95. The van der Waals surface area contributed by atoms with Crippen LogP contribution in [-0.2, 0) is 6.61 Å². The highest BCUT2D eigenvalue weighted by Gasteiger charge is 2.22. The van der Waals surface area contributed by atoms with E-state index in [-0.39, 0.29) is 18.3 Å². The maximum Gasteiger partial charge on any atom is 0.349 e. The van der Waals surface area contributed by atoms with E-state index in [0.29, 0.717) is 28.6 Å². The second-order valence-electron chi connectivity index (χ2n) is 8.40. The molecule has 196 valence electrons. The van der Waals surface area contributed by atoms with E-state index in [1.165, 1.54) is 6.20 Å². The summed E-state index contributed by atoms with van der Waals surface area (Å²) in [7, 11) is 1.56. The number of aromatic amines is 1. The van der Waals surface area contributed by atoms with E-state index < -0.39 is 11.7 Å². The molecule has 0 bridgehead atoms. The first kappa shape index (κ1) is 25.1. The molecule has 0 aliphatic heterocycles. The molecule has 39 heavy (non-hydrogen) atoms. The van der Waals surface area contributed by atoms with Gasteiger partial charge in [0.1, 0.15) is 18.5 Å². The molecule has 3 aromatic heterocycles. The van der Waals surface area contributed by atoms with Crippen LogP contribution in [-0.4, -0.2) is 42.9 Å². The Morgan fingerprint density at radius 1 is 1.08 bits per heavy atom. The minimum absolute atomic E-state index is 0.0313. The minimum Gasteiger partial charge on any atom is -0.493 e. The number of nitrogens with zero attached hydrogens (tertiary/aromatic N) is 5. The Morgan fingerprint density at radius 3 is 2.62 bits per heavy atom. The van der Waals surface area contributed by atoms with Crippen LogP contribution in [0, 0.1) is 5.41 Å². The summed E-state index contributed by atoms with van der Waals surface area (Å²) in [6.07, 6.45) is 3.22. The molecule has 0 fully saturated rings. The third-order valence-corrected chi connectivity index (χ3v) is 5.81. The molecule has 12 nitrogen and oxygen atoms in total. The zero-order chi connectivity index (χ0) is 27.2. The fourth-order valence-electron chi connectivity index (χ4n) is 3.87. The van der Waals surface area contributed by atoms with Gasteiger partial charge in [-0.05, 0) is 66.2 Å². The van der Waals surface area contributed by atoms with E-state index in [9.17, 15) is 4.79 Å². The number of pyridine rings is 1. The number of nitrogens with one attached hydrogen (secondary N) is 3. The molecular weight excluding hydrogens is 498 g/mol. The maximum atomic E-state index is 12.8. The molecule has 0 amide bonds. The number of ether oxygens (including phenoxy) is 2. The fraction of sp³-hybridized carbons (Fsp3) is 0.111. The van der Waals surface area contributed by atoms with Gasteiger partial charge in [0.15, 0.2) is 23.1 Å². The quantitative estimate of drug-likeness (QED) is 0.159. The first-order valence-electron chi connectivity index (χ1n) is 11.9. The maximum absolute atomic E-state index is 12.8. The van der Waals surface area contributed by atoms with Gasteiger partial charge in [0.05, 0.1) is 12.8 Å². The number of aromatic nitrogens is 6. The molecule has 0 aliphatic rings. The molecule has 2 aromatic carbocycles. The van der Waals surface area contributed by atoms with Gasteiger partial charge in [0, 0.05) is 23.6 Å². The molecular formula is C27H25N9O3. The summed E-state index contributed by atoms with van der Waals surface area (Å²) >= 11 is 0. The number of nitrogens with two attached hydrogens (primary N) is 1. The van der Waals surface area contributed by atoms with E-state index in [1.807, 2.05) is 30.3 Å². The van der Waals surface area contributed by atoms with Gasteiger partial charge in [0.2, 0.25) is 0 Å². The van der Waals surface area contributed by atoms with Crippen molar-refractivity contribution >= 4 is 11.5 Å². The number of hydrogen-bond acceptors (Lipinski definition) is 9. The molecule has 5 N–H and O–H groups in total. The average Bonchev–Trinajstić information content (AvgIpc) is 3.37. The average molecular weight is 524 g/mol. The van der Waals surface area contributed by atoms with Gasteiger partial charge >= 0.3 is 5.69 Å². The number of methoxy groups -OCH3 is 1. The van der Waals surface area contributed by atoms with Crippen LogP contribution >= 0.6 is 0 Å². The number of anilines is 1. The highest BCUT2D eigenvalue weighted by Crippen LogP contribution is 2.33. The fourth-order valence-corrected chi connectivity index (χ4v) is 3.87. The summed E-state index contributed by atoms with van der Waals surface area (Å²) in [5.41, 5.74) is 7.97. The Hall–Kier alpha value is -5.52. The third kappa shape index (κ3) is 5.74. The van der Waals surface area contributed by atoms with Crippen LogP contribution in [0.4, 0.5) is 5.69 Å². The number of rotatable bonds is 10. The number of benzene rings is 2. The molecule has 0 radical (unpaired) electrons. The van der Waals surface area contributed by atoms with Gasteiger partial charge in [-0.2, -0.15) is 9.78 Å². The second-order valence-corrected chi connectivity index (χ2v) is 8.40. The van der Waals surface area contributed by atoms with E-state index in [0.717, 1.165) is 15.9 Å². The van der Waals surface area contributed by atoms with Gasteiger partial charge in [-0.3, -0.25) is 15.4 Å². The predicted molar refractivity (Wildman–Crippen MR) is 144 cm³/mol. The van der Waals surface area contributed by atoms with Crippen LogP contribution in [0.15, 0.2) is 90.0 Å². The Labute approximate surface area is 223 Å². The normalized spacial score (nSPS) is 11.5. The Morgan fingerprint density at radius 2 is 1.92 bits per heavy atom. The van der Waals surface area contributed by atoms with E-state index in [4.69, 9.17) is 20.6 Å². The number of H-pyrrole nitrogens is 1. The summed E-state index contributed by atoms with van der Waals surface area (Å²) in [5.74, 6) is 1.62. The molecule has 0 saturated carbocycles. The summed E-state index contributed by atoms with van der Waals surface area (Å²) in [5, 5.41) is 23.4. The zero-order valence-corrected chi connectivity index (χ0v) is 20.9. The van der Waals surface area contributed by atoms with Crippen molar-refractivity contribution in [2.24, 2.45) is 5.73 Å². The monoisotopic (exact) mass is 523 g/mol. The van der Waals surface area contributed by atoms with Crippen LogP contribution in [0.25, 0.3) is 5.82 Å². The van der Waals surface area contributed by atoms with Gasteiger partial charge < -0.3 is 20.5 Å². The van der Waals surface area contributed by atoms with Crippen molar-refractivity contribution in [1.82, 2.24) is 29.9 Å². The number of hydrogen-bond donors (Lipinski definition) is 4. The number of nitrogen functional groups attached to an aromatic ring is 1. The molecule has 1 unspecified atom stereocenters. The molecule has 5 rings (SSSR count). The van der Waals surface area contributed by atoms with Crippen molar-refractivity contribution in [3.8, 4) is 17.3 Å². The zero-order valence-electron chi connectivity index (χ0n) is 20.9. The largest absolute Gasteiger partial charge is 0.493 e. The summed E-state index contributed by atoms with van der Waals surface area (Å²) in [4.78, 5) is 19.9. The van der Waals surface area contributed by atoms with Crippen LogP contribution in [0.5, 0.6) is 11.5 Å². The number of amidine groups is 1. The molecule has 3 heterocycles. The second kappa shape index (κ2) is 11.3. The van der Waals surface area contributed by atoms with Gasteiger partial charge in [0.25, 0.3) is 0 Å². The van der Waals surface area contributed by atoms with Gasteiger partial charge in [-0.1, -0.05) is 12.1 Å². The summed E-state index contributed by atoms with van der Waals surface area (Å²) in [6.45, 7) is 0.274. The Balaban J connectivity index is 1.50. The molecule has 5 aromatic rings. The lowest BCUT2D eigenvalue weighted by Crippen LogP contribution is -2.17. The van der Waals surface area contributed by atoms with Crippen LogP contribution in [0.2, 0.25) is 0 Å². The Kier molecular flexibility index (Phi) is 7.26. The predicted octanol–water partition coefficient (Wildman–Crippen LogP) is 2.82. The molecule has 0 saturated heterocycles. The summed E-state index contributed by atoms with van der Waals surface area (Å²) < 4.78 is 12.7. The van der Waals surface area contributed by atoms with Crippen molar-refractivity contribution in [3.63, 3.8) is 0 Å². The highest BCUT2D eigenvalue weighted by atomic mass is 16.5. The lowest BCUT2D eigenvalue weighted by molar-refractivity contribution is 0.280. The first-order valence-corrected chi connectivity index (χ1v) is 11.9. The first-order chi connectivity index (χ1) is 19.0. The molecule has 0 aliphatic carbocycles. The lowest BCUT2D eigenvalue weighted by atomic mass is 10.0. The van der Waals surface area contributed by atoms with Crippen LogP contribution in [0.3, 0.4) is 0 Å². The van der Waals surface area contributed by atoms with Crippen molar-refractivity contribution in [2.45, 2.75) is 12.6 Å². The third-order valence-electron chi connectivity index (χ3n) is 5.81. The van der Waals surface area contributed by atoms with Crippen LogP contribution < -0.4 is 26.2 Å². The molecule has 0 spiro atoms. The molecule has 12 heteroatoms. The van der Waals surface area contributed by atoms with Crippen molar-refractivity contribution in [3.05, 3.63) is 118 Å². The van der Waals surface area contributed by atoms with E-state index >= 15 is 0 Å². The van der Waals surface area contributed by atoms with E-state index in [2.05, 4.69) is 30.6 Å². The van der Waals surface area contributed by atoms with Crippen molar-refractivity contribution in [1.29, 1.82) is 5.41 Å². The van der Waals surface area contributed by atoms with Crippen molar-refractivity contribution < 1.29 is 9.47 Å².